The highest BCUT2D eigenvalue weighted by atomic mass is 79.9. The number of carbonyl (C=O) groups is 1. The van der Waals surface area contributed by atoms with Crippen molar-refractivity contribution in [2.75, 3.05) is 5.32 Å². The van der Waals surface area contributed by atoms with E-state index >= 15 is 0 Å². The molecule has 3 heterocycles. The second kappa shape index (κ2) is 6.73. The number of halogens is 3. The van der Waals surface area contributed by atoms with Crippen molar-refractivity contribution in [1.29, 1.82) is 0 Å². The third kappa shape index (κ3) is 2.75. The van der Waals surface area contributed by atoms with Crippen LogP contribution in [0, 0.1) is 0 Å². The predicted octanol–water partition coefficient (Wildman–Crippen LogP) is 6.10. The summed E-state index contributed by atoms with van der Waals surface area (Å²) in [6, 6.07) is 18.5. The molecule has 154 valence electrons. The summed E-state index contributed by atoms with van der Waals surface area (Å²) in [5, 5.41) is 10.9. The average Bonchev–Trinajstić information content (AvgIpc) is 3.31. The Bertz CT molecular complexity index is 1290. The molecule has 0 radical (unpaired) electrons. The first-order chi connectivity index (χ1) is 15.0. The number of fused-ring (bicyclic) bond motifs is 6. The van der Waals surface area contributed by atoms with Crippen LogP contribution in [0.5, 0.6) is 5.75 Å². The summed E-state index contributed by atoms with van der Waals surface area (Å²) in [6.07, 6.45) is 0.608. The van der Waals surface area contributed by atoms with Crippen molar-refractivity contribution < 1.29 is 9.53 Å². The van der Waals surface area contributed by atoms with Crippen molar-refractivity contribution in [3.63, 3.8) is 0 Å². The molecule has 1 spiro atoms. The van der Waals surface area contributed by atoms with Gasteiger partial charge < -0.3 is 10.1 Å². The van der Waals surface area contributed by atoms with Gasteiger partial charge in [0.05, 0.1) is 23.0 Å². The number of rotatable bonds is 1. The summed E-state index contributed by atoms with van der Waals surface area (Å²) < 4.78 is 7.30. The highest BCUT2D eigenvalue weighted by molar-refractivity contribution is 9.10. The summed E-state index contributed by atoms with van der Waals surface area (Å²) in [5.41, 5.74) is 2.73. The van der Waals surface area contributed by atoms with Crippen LogP contribution in [0.1, 0.15) is 29.2 Å². The molecule has 0 saturated heterocycles. The topological polar surface area (TPSA) is 53.9 Å². The molecule has 2 atom stereocenters. The Kier molecular flexibility index (Phi) is 4.16. The van der Waals surface area contributed by atoms with Crippen LogP contribution in [0.3, 0.4) is 0 Å². The van der Waals surface area contributed by atoms with E-state index in [9.17, 15) is 4.79 Å². The minimum Gasteiger partial charge on any atom is -0.453 e. The summed E-state index contributed by atoms with van der Waals surface area (Å²) >= 11 is 15.9. The molecular weight excluding hydrogens is 501 g/mol. The number of hydrogen-bond acceptors (Lipinski definition) is 4. The van der Waals surface area contributed by atoms with Gasteiger partial charge in [0.15, 0.2) is 0 Å². The van der Waals surface area contributed by atoms with E-state index in [0.29, 0.717) is 27.9 Å². The molecule has 1 amide bonds. The summed E-state index contributed by atoms with van der Waals surface area (Å²) in [6.45, 7) is 0. The van der Waals surface area contributed by atoms with Gasteiger partial charge in [-0.25, -0.2) is 5.01 Å². The zero-order valence-electron chi connectivity index (χ0n) is 15.9. The van der Waals surface area contributed by atoms with Crippen molar-refractivity contribution in [2.45, 2.75) is 18.2 Å². The van der Waals surface area contributed by atoms with Crippen molar-refractivity contribution in [3.05, 3.63) is 91.9 Å². The summed E-state index contributed by atoms with van der Waals surface area (Å²) in [7, 11) is 0. The molecule has 3 aromatic carbocycles. The predicted molar refractivity (Wildman–Crippen MR) is 124 cm³/mol. The van der Waals surface area contributed by atoms with Crippen molar-refractivity contribution in [3.8, 4) is 5.75 Å². The van der Waals surface area contributed by atoms with E-state index in [0.717, 1.165) is 26.9 Å². The lowest BCUT2D eigenvalue weighted by atomic mass is 9.92. The fourth-order valence-electron chi connectivity index (χ4n) is 4.50. The zero-order chi connectivity index (χ0) is 21.3. The molecule has 0 saturated carbocycles. The molecule has 31 heavy (non-hydrogen) atoms. The van der Waals surface area contributed by atoms with E-state index in [1.807, 2.05) is 54.6 Å². The SMILES string of the molecule is O=C1Nc2ccc(Br)cc2[C@@]12Oc1ccc(Cl)cc1[C@@H]1CC(c3ccc(Cl)cc3)=NN12. The first-order valence-corrected chi connectivity index (χ1v) is 11.2. The van der Waals surface area contributed by atoms with Crippen LogP contribution in [0.4, 0.5) is 5.69 Å². The fraction of sp³-hybridized carbons (Fsp3) is 0.130. The van der Waals surface area contributed by atoms with Crippen LogP contribution in [0.25, 0.3) is 0 Å². The lowest BCUT2D eigenvalue weighted by molar-refractivity contribution is -0.161. The summed E-state index contributed by atoms with van der Waals surface area (Å²) in [4.78, 5) is 13.4. The number of carbonyl (C=O) groups excluding carboxylic acids is 1. The monoisotopic (exact) mass is 513 g/mol. The van der Waals surface area contributed by atoms with Gasteiger partial charge in [-0.2, -0.15) is 5.10 Å². The van der Waals surface area contributed by atoms with Gasteiger partial charge in [-0.05, 0) is 54.1 Å². The van der Waals surface area contributed by atoms with Crippen LogP contribution in [0.2, 0.25) is 10.0 Å². The van der Waals surface area contributed by atoms with Gasteiger partial charge in [-0.1, -0.05) is 51.3 Å². The van der Waals surface area contributed by atoms with Crippen molar-refractivity contribution in [1.82, 2.24) is 5.01 Å². The normalized spacial score (nSPS) is 23.1. The first kappa shape index (κ1) is 19.2. The molecule has 0 unspecified atom stereocenters. The second-order valence-corrected chi connectivity index (χ2v) is 9.48. The number of nitrogens with zero attached hydrogens (tertiary/aromatic N) is 2. The maximum absolute atomic E-state index is 13.4. The number of ether oxygens (including phenoxy) is 1. The Morgan fingerprint density at radius 3 is 2.65 bits per heavy atom. The molecule has 5 nitrogen and oxygen atoms in total. The highest BCUT2D eigenvalue weighted by Gasteiger charge is 2.61. The molecule has 6 rings (SSSR count). The number of nitrogens with one attached hydrogen (secondary N) is 1. The molecular formula is C23H14BrCl2N3O2. The maximum atomic E-state index is 13.4. The second-order valence-electron chi connectivity index (χ2n) is 7.69. The quantitative estimate of drug-likeness (QED) is 0.426. The zero-order valence-corrected chi connectivity index (χ0v) is 19.0. The number of hydrazone groups is 1. The van der Waals surface area contributed by atoms with Gasteiger partial charge in [0.2, 0.25) is 0 Å². The molecule has 3 aliphatic heterocycles. The van der Waals surface area contributed by atoms with Crippen LogP contribution in [-0.4, -0.2) is 16.6 Å². The lowest BCUT2D eigenvalue weighted by Gasteiger charge is -2.44. The van der Waals surface area contributed by atoms with E-state index in [1.54, 1.807) is 11.1 Å². The Morgan fingerprint density at radius 2 is 1.84 bits per heavy atom. The highest BCUT2D eigenvalue weighted by Crippen LogP contribution is 2.54. The standard InChI is InChI=1S/C23H14BrCl2N3O2/c24-13-3-7-18-17(9-13)23(22(30)27-18)29-20(16-10-15(26)6-8-21(16)31-23)11-19(28-29)12-1-4-14(25)5-2-12/h1-10,20H,11H2,(H,27,30)/t20-,23+/m0/s1. The smallest absolute Gasteiger partial charge is 0.306 e. The van der Waals surface area contributed by atoms with E-state index < -0.39 is 5.72 Å². The Morgan fingerprint density at radius 1 is 1.06 bits per heavy atom. The molecule has 0 fully saturated rings. The molecule has 0 aliphatic carbocycles. The minimum atomic E-state index is -1.40. The number of benzene rings is 3. The molecule has 3 aromatic rings. The fourth-order valence-corrected chi connectivity index (χ4v) is 5.17. The van der Waals surface area contributed by atoms with Crippen molar-refractivity contribution >= 4 is 56.4 Å². The Balaban J connectivity index is 1.58. The van der Waals surface area contributed by atoms with Gasteiger partial charge in [-0.15, -0.1) is 0 Å². The third-order valence-electron chi connectivity index (χ3n) is 5.90. The van der Waals surface area contributed by atoms with Gasteiger partial charge in [0, 0.05) is 26.5 Å². The molecule has 0 aromatic heterocycles. The largest absolute Gasteiger partial charge is 0.453 e. The number of hydrogen-bond donors (Lipinski definition) is 1. The lowest BCUT2D eigenvalue weighted by Crippen LogP contribution is -2.55. The van der Waals surface area contributed by atoms with E-state index in [-0.39, 0.29) is 11.9 Å². The first-order valence-electron chi connectivity index (χ1n) is 9.68. The van der Waals surface area contributed by atoms with Crippen LogP contribution < -0.4 is 10.1 Å². The Labute approximate surface area is 196 Å². The Hall–Kier alpha value is -2.54. The third-order valence-corrected chi connectivity index (χ3v) is 6.88. The van der Waals surface area contributed by atoms with Gasteiger partial charge >= 0.3 is 5.72 Å². The number of anilines is 1. The molecule has 3 aliphatic rings. The average molecular weight is 515 g/mol. The molecule has 8 heteroatoms. The van der Waals surface area contributed by atoms with Gasteiger partial charge in [0.25, 0.3) is 5.91 Å². The van der Waals surface area contributed by atoms with E-state index in [4.69, 9.17) is 33.0 Å². The van der Waals surface area contributed by atoms with E-state index in [1.165, 1.54) is 0 Å². The maximum Gasteiger partial charge on any atom is 0.306 e. The van der Waals surface area contributed by atoms with Crippen LogP contribution in [0.15, 0.2) is 70.2 Å². The summed E-state index contributed by atoms with van der Waals surface area (Å²) in [5.74, 6) is 0.355. The number of amides is 1. The van der Waals surface area contributed by atoms with Crippen LogP contribution in [-0.2, 0) is 10.5 Å². The van der Waals surface area contributed by atoms with Gasteiger partial charge in [-0.3, -0.25) is 4.79 Å². The molecule has 1 N–H and O–H groups in total. The van der Waals surface area contributed by atoms with E-state index in [2.05, 4.69) is 21.2 Å². The minimum absolute atomic E-state index is 0.205. The van der Waals surface area contributed by atoms with Crippen molar-refractivity contribution in [2.24, 2.45) is 5.10 Å². The van der Waals surface area contributed by atoms with Gasteiger partial charge in [0.1, 0.15) is 5.75 Å². The van der Waals surface area contributed by atoms with Crippen LogP contribution >= 0.6 is 39.1 Å². The molecule has 0 bridgehead atoms.